The molecule has 1 aliphatic heterocycles. The number of anilines is 1. The highest BCUT2D eigenvalue weighted by molar-refractivity contribution is 5.86. The van der Waals surface area contributed by atoms with Gasteiger partial charge in [-0.2, -0.15) is 5.10 Å². The Labute approximate surface area is 184 Å². The molecule has 170 valence electrons. The van der Waals surface area contributed by atoms with Gasteiger partial charge in [0.2, 0.25) is 5.92 Å². The maximum absolute atomic E-state index is 13.4. The van der Waals surface area contributed by atoms with Crippen LogP contribution in [-0.2, 0) is 13.1 Å². The smallest absolute Gasteiger partial charge is 0.248 e. The Bertz CT molecular complexity index is 1090. The molecule has 0 amide bonds. The van der Waals surface area contributed by atoms with Crippen LogP contribution in [0.1, 0.15) is 31.4 Å². The lowest BCUT2D eigenvalue weighted by molar-refractivity contribution is -0.0443. The quantitative estimate of drug-likeness (QED) is 0.606. The van der Waals surface area contributed by atoms with Crippen LogP contribution < -0.4 is 5.32 Å². The summed E-state index contributed by atoms with van der Waals surface area (Å²) in [5.41, 5.74) is 3.97. The summed E-state index contributed by atoms with van der Waals surface area (Å²) in [5.74, 6) is -1.63. The van der Waals surface area contributed by atoms with Crippen LogP contribution in [0.4, 0.5) is 19.0 Å². The Morgan fingerprint density at radius 2 is 1.94 bits per heavy atom. The molecule has 1 aliphatic carbocycles. The average Bonchev–Trinajstić information content (AvgIpc) is 3.21. The number of nitrogens with zero attached hydrogens (tertiary/aromatic N) is 5. The number of benzene rings is 1. The van der Waals surface area contributed by atoms with Crippen molar-refractivity contribution in [2.75, 3.05) is 31.6 Å². The molecule has 2 aromatic heterocycles. The van der Waals surface area contributed by atoms with E-state index in [1.165, 1.54) is 0 Å². The maximum atomic E-state index is 13.4. The van der Waals surface area contributed by atoms with Crippen LogP contribution in [0.25, 0.3) is 22.0 Å². The summed E-state index contributed by atoms with van der Waals surface area (Å²) in [6.07, 6.45) is 2.85. The standard InChI is InChI=1S/C23H27F3N6/c24-7-8-31-9-10-32-21(15-31)19(14-28-32)17-1-2-20-18(11-17)12-22(30-29-20)27-13-16-3-5-23(25,26)6-4-16/h1-2,11-12,14,16H,3-10,13,15H2,(H,27,30). The van der Waals surface area contributed by atoms with Crippen molar-refractivity contribution in [2.24, 2.45) is 5.92 Å². The third-order valence-electron chi connectivity index (χ3n) is 6.66. The van der Waals surface area contributed by atoms with Gasteiger partial charge < -0.3 is 5.32 Å². The number of alkyl halides is 3. The van der Waals surface area contributed by atoms with Gasteiger partial charge in [0.25, 0.3) is 0 Å². The summed E-state index contributed by atoms with van der Waals surface area (Å²) in [4.78, 5) is 2.11. The van der Waals surface area contributed by atoms with Crippen molar-refractivity contribution >= 4 is 16.7 Å². The summed E-state index contributed by atoms with van der Waals surface area (Å²) in [6, 6.07) is 7.98. The second-order valence-corrected chi connectivity index (χ2v) is 8.88. The van der Waals surface area contributed by atoms with Gasteiger partial charge in [-0.1, -0.05) is 6.07 Å². The normalized spacial score (nSPS) is 19.2. The minimum atomic E-state index is -2.51. The number of halogens is 3. The molecule has 0 radical (unpaired) electrons. The van der Waals surface area contributed by atoms with E-state index in [2.05, 4.69) is 31.6 Å². The molecule has 0 atom stereocenters. The first-order valence-corrected chi connectivity index (χ1v) is 11.2. The third-order valence-corrected chi connectivity index (χ3v) is 6.66. The molecule has 9 heteroatoms. The minimum Gasteiger partial charge on any atom is -0.368 e. The molecular formula is C23H27F3N6. The summed E-state index contributed by atoms with van der Waals surface area (Å²) in [5, 5.41) is 17.3. The van der Waals surface area contributed by atoms with E-state index in [0.717, 1.165) is 40.8 Å². The minimum absolute atomic E-state index is 0.0368. The number of hydrogen-bond donors (Lipinski definition) is 1. The van der Waals surface area contributed by atoms with Crippen LogP contribution in [0.15, 0.2) is 30.5 Å². The van der Waals surface area contributed by atoms with Crippen LogP contribution >= 0.6 is 0 Å². The SMILES string of the molecule is FCCN1CCn2ncc(-c3ccc4nnc(NCC5CCC(F)(F)CC5)cc4c3)c2C1. The zero-order valence-electron chi connectivity index (χ0n) is 17.9. The number of rotatable bonds is 6. The van der Waals surface area contributed by atoms with Crippen molar-refractivity contribution in [1.29, 1.82) is 0 Å². The molecule has 6 nitrogen and oxygen atoms in total. The second kappa shape index (κ2) is 8.69. The summed E-state index contributed by atoms with van der Waals surface area (Å²) < 4.78 is 41.5. The van der Waals surface area contributed by atoms with Gasteiger partial charge >= 0.3 is 0 Å². The van der Waals surface area contributed by atoms with Crippen LogP contribution in [0.3, 0.4) is 0 Å². The first kappa shape index (κ1) is 21.2. The highest BCUT2D eigenvalue weighted by atomic mass is 19.3. The van der Waals surface area contributed by atoms with E-state index in [0.29, 0.717) is 38.3 Å². The first-order chi connectivity index (χ1) is 15.5. The van der Waals surface area contributed by atoms with E-state index in [9.17, 15) is 13.2 Å². The first-order valence-electron chi connectivity index (χ1n) is 11.2. The number of hydrogen-bond acceptors (Lipinski definition) is 5. The molecule has 0 spiro atoms. The molecule has 1 saturated carbocycles. The van der Waals surface area contributed by atoms with Gasteiger partial charge in [0.1, 0.15) is 12.5 Å². The van der Waals surface area contributed by atoms with Crippen molar-refractivity contribution in [3.63, 3.8) is 0 Å². The van der Waals surface area contributed by atoms with Gasteiger partial charge in [0.15, 0.2) is 0 Å². The zero-order valence-corrected chi connectivity index (χ0v) is 17.9. The second-order valence-electron chi connectivity index (χ2n) is 8.88. The Hall–Kier alpha value is -2.68. The van der Waals surface area contributed by atoms with Crippen molar-refractivity contribution in [3.8, 4) is 11.1 Å². The summed E-state index contributed by atoms with van der Waals surface area (Å²) in [7, 11) is 0. The average molecular weight is 445 g/mol. The van der Waals surface area contributed by atoms with Gasteiger partial charge in [-0.25, -0.2) is 13.2 Å². The lowest BCUT2D eigenvalue weighted by atomic mass is 9.87. The molecule has 0 bridgehead atoms. The fraction of sp³-hybridized carbons (Fsp3) is 0.522. The van der Waals surface area contributed by atoms with E-state index in [1.54, 1.807) is 0 Å². The van der Waals surface area contributed by atoms with Crippen LogP contribution in [0.2, 0.25) is 0 Å². The molecule has 0 saturated heterocycles. The molecule has 1 fully saturated rings. The summed E-state index contributed by atoms with van der Waals surface area (Å²) >= 11 is 0. The largest absolute Gasteiger partial charge is 0.368 e. The van der Waals surface area contributed by atoms with E-state index < -0.39 is 5.92 Å². The van der Waals surface area contributed by atoms with Crippen LogP contribution in [0.5, 0.6) is 0 Å². The molecule has 5 rings (SSSR count). The van der Waals surface area contributed by atoms with E-state index in [1.807, 2.05) is 29.1 Å². The lowest BCUT2D eigenvalue weighted by Crippen LogP contribution is -2.35. The van der Waals surface area contributed by atoms with Crippen molar-refractivity contribution in [1.82, 2.24) is 24.9 Å². The fourth-order valence-corrected chi connectivity index (χ4v) is 4.70. The molecular weight excluding hydrogens is 417 g/mol. The Morgan fingerprint density at radius 1 is 1.09 bits per heavy atom. The van der Waals surface area contributed by atoms with E-state index >= 15 is 0 Å². The van der Waals surface area contributed by atoms with Gasteiger partial charge in [0, 0.05) is 50.0 Å². The lowest BCUT2D eigenvalue weighted by Gasteiger charge is -2.28. The Balaban J connectivity index is 1.33. The monoisotopic (exact) mass is 444 g/mol. The molecule has 1 N–H and O–H groups in total. The molecule has 1 aromatic carbocycles. The van der Waals surface area contributed by atoms with Gasteiger partial charge in [-0.05, 0) is 42.5 Å². The van der Waals surface area contributed by atoms with Crippen LogP contribution in [0, 0.1) is 5.92 Å². The summed E-state index contributed by atoms with van der Waals surface area (Å²) in [6.45, 7) is 2.95. The highest BCUT2D eigenvalue weighted by Crippen LogP contribution is 2.36. The topological polar surface area (TPSA) is 58.9 Å². The third kappa shape index (κ3) is 4.44. The Kier molecular flexibility index (Phi) is 5.75. The van der Waals surface area contributed by atoms with Crippen molar-refractivity contribution in [2.45, 2.75) is 44.7 Å². The molecule has 3 heterocycles. The highest BCUT2D eigenvalue weighted by Gasteiger charge is 2.34. The Morgan fingerprint density at radius 3 is 2.75 bits per heavy atom. The van der Waals surface area contributed by atoms with E-state index in [-0.39, 0.29) is 25.4 Å². The van der Waals surface area contributed by atoms with Crippen molar-refractivity contribution < 1.29 is 13.2 Å². The molecule has 32 heavy (non-hydrogen) atoms. The fourth-order valence-electron chi connectivity index (χ4n) is 4.70. The van der Waals surface area contributed by atoms with Crippen molar-refractivity contribution in [3.05, 3.63) is 36.2 Å². The predicted octanol–water partition coefficient (Wildman–Crippen LogP) is 4.52. The predicted molar refractivity (Wildman–Crippen MR) is 117 cm³/mol. The number of nitrogens with one attached hydrogen (secondary N) is 1. The van der Waals surface area contributed by atoms with Crippen LogP contribution in [-0.4, -0.2) is 57.1 Å². The van der Waals surface area contributed by atoms with Gasteiger partial charge in [-0.15, -0.1) is 10.2 Å². The number of fused-ring (bicyclic) bond motifs is 2. The molecule has 2 aliphatic rings. The number of aromatic nitrogens is 4. The van der Waals surface area contributed by atoms with Gasteiger partial charge in [0.05, 0.1) is 24.0 Å². The molecule has 0 unspecified atom stereocenters. The maximum Gasteiger partial charge on any atom is 0.248 e. The van der Waals surface area contributed by atoms with E-state index in [4.69, 9.17) is 0 Å². The van der Waals surface area contributed by atoms with Gasteiger partial charge in [-0.3, -0.25) is 9.58 Å². The zero-order chi connectivity index (χ0) is 22.1. The molecule has 3 aromatic rings.